The Morgan fingerprint density at radius 1 is 0.667 bits per heavy atom. The summed E-state index contributed by atoms with van der Waals surface area (Å²) in [6, 6.07) is 2.82. The zero-order valence-electron chi connectivity index (χ0n) is 8.52. The van der Waals surface area contributed by atoms with E-state index in [9.17, 15) is 14.4 Å². The van der Waals surface area contributed by atoms with Gasteiger partial charge >= 0.3 is 18.5 Å². The molecule has 3 N–H and O–H groups in total. The van der Waals surface area contributed by atoms with Gasteiger partial charge in [0.1, 0.15) is 17.2 Å². The first-order chi connectivity index (χ1) is 8.36. The molecule has 1 aromatic rings. The molecule has 1 rings (SSSR count). The van der Waals surface area contributed by atoms with Crippen LogP contribution in [0.5, 0.6) is 17.2 Å². The van der Waals surface area contributed by atoms with Crippen LogP contribution in [0.1, 0.15) is 0 Å². The summed E-state index contributed by atoms with van der Waals surface area (Å²) in [4.78, 5) is 30.9. The average Bonchev–Trinajstić information content (AvgIpc) is 2.12. The summed E-state index contributed by atoms with van der Waals surface area (Å²) in [6.45, 7) is 0. The van der Waals surface area contributed by atoms with Gasteiger partial charge in [-0.05, 0) is 0 Å². The fourth-order valence-corrected chi connectivity index (χ4v) is 1.02. The van der Waals surface area contributed by atoms with Crippen LogP contribution in [-0.2, 0) is 0 Å². The highest BCUT2D eigenvalue weighted by Gasteiger charge is 2.11. The predicted octanol–water partition coefficient (Wildman–Crippen LogP) is 1.86. The standard InChI is InChI=1S/C9H6O9/c10-7(11)16-4-1-5(17-8(12)13)3-6(2-4)18-9(14)15/h1-3H,(H,10,11)(H,12,13)(H,14,15). The summed E-state index contributed by atoms with van der Waals surface area (Å²) in [6.07, 6.45) is -4.99. The Kier molecular flexibility index (Phi) is 3.92. The summed E-state index contributed by atoms with van der Waals surface area (Å²) in [7, 11) is 0. The molecule has 0 aromatic heterocycles. The van der Waals surface area contributed by atoms with Crippen LogP contribution in [0.2, 0.25) is 0 Å². The second-order valence-corrected chi connectivity index (χ2v) is 2.74. The van der Waals surface area contributed by atoms with Gasteiger partial charge < -0.3 is 29.5 Å². The maximum absolute atomic E-state index is 10.3. The minimum Gasteiger partial charge on any atom is -0.449 e. The van der Waals surface area contributed by atoms with Gasteiger partial charge in [0.25, 0.3) is 0 Å². The van der Waals surface area contributed by atoms with Gasteiger partial charge in [-0.3, -0.25) is 0 Å². The number of ether oxygens (including phenoxy) is 3. The molecule has 0 radical (unpaired) electrons. The molecule has 9 nitrogen and oxygen atoms in total. The van der Waals surface area contributed by atoms with E-state index in [-0.39, 0.29) is 17.2 Å². The Labute approximate surface area is 98.7 Å². The van der Waals surface area contributed by atoms with Crippen molar-refractivity contribution in [2.24, 2.45) is 0 Å². The lowest BCUT2D eigenvalue weighted by atomic mass is 10.3. The van der Waals surface area contributed by atoms with Crippen LogP contribution in [0, 0.1) is 0 Å². The first-order valence-corrected chi connectivity index (χ1v) is 4.24. The third-order valence-corrected chi connectivity index (χ3v) is 1.47. The van der Waals surface area contributed by atoms with E-state index >= 15 is 0 Å². The van der Waals surface area contributed by atoms with Crippen molar-refractivity contribution in [3.8, 4) is 17.2 Å². The molecule has 0 aliphatic carbocycles. The van der Waals surface area contributed by atoms with Crippen LogP contribution in [0.4, 0.5) is 14.4 Å². The molecule has 18 heavy (non-hydrogen) atoms. The van der Waals surface area contributed by atoms with E-state index in [1.54, 1.807) is 0 Å². The first-order valence-electron chi connectivity index (χ1n) is 4.24. The van der Waals surface area contributed by atoms with Crippen LogP contribution in [0.3, 0.4) is 0 Å². The Balaban J connectivity index is 3.06. The van der Waals surface area contributed by atoms with Crippen LogP contribution >= 0.6 is 0 Å². The fraction of sp³-hybridized carbons (Fsp3) is 0. The van der Waals surface area contributed by atoms with Crippen LogP contribution in [-0.4, -0.2) is 33.8 Å². The monoisotopic (exact) mass is 258 g/mol. The lowest BCUT2D eigenvalue weighted by Gasteiger charge is -2.06. The Morgan fingerprint density at radius 2 is 0.889 bits per heavy atom. The SMILES string of the molecule is O=C(O)Oc1cc(OC(=O)O)cc(OC(=O)O)c1. The number of rotatable bonds is 3. The lowest BCUT2D eigenvalue weighted by Crippen LogP contribution is -2.08. The second kappa shape index (κ2) is 5.39. The third kappa shape index (κ3) is 4.26. The van der Waals surface area contributed by atoms with Gasteiger partial charge in [0.15, 0.2) is 0 Å². The van der Waals surface area contributed by atoms with Gasteiger partial charge in [-0.1, -0.05) is 0 Å². The van der Waals surface area contributed by atoms with Gasteiger partial charge in [-0.2, -0.15) is 0 Å². The summed E-state index contributed by atoms with van der Waals surface area (Å²) in [5.74, 6) is -1.05. The van der Waals surface area contributed by atoms with Crippen LogP contribution < -0.4 is 14.2 Å². The van der Waals surface area contributed by atoms with Crippen molar-refractivity contribution in [3.05, 3.63) is 18.2 Å². The predicted molar refractivity (Wildman–Crippen MR) is 52.4 cm³/mol. The van der Waals surface area contributed by atoms with Gasteiger partial charge in [0.05, 0.1) is 0 Å². The van der Waals surface area contributed by atoms with E-state index < -0.39 is 18.5 Å². The molecule has 0 saturated carbocycles. The summed E-state index contributed by atoms with van der Waals surface area (Å²) >= 11 is 0. The summed E-state index contributed by atoms with van der Waals surface area (Å²) < 4.78 is 12.7. The maximum Gasteiger partial charge on any atom is 0.511 e. The molecule has 96 valence electrons. The Hall–Kier alpha value is -2.97. The smallest absolute Gasteiger partial charge is 0.449 e. The van der Waals surface area contributed by atoms with Gasteiger partial charge in [0.2, 0.25) is 0 Å². The van der Waals surface area contributed by atoms with E-state index in [0.29, 0.717) is 0 Å². The van der Waals surface area contributed by atoms with Crippen molar-refractivity contribution in [2.45, 2.75) is 0 Å². The minimum absolute atomic E-state index is 0.350. The fourth-order valence-electron chi connectivity index (χ4n) is 1.02. The second-order valence-electron chi connectivity index (χ2n) is 2.74. The zero-order valence-corrected chi connectivity index (χ0v) is 8.52. The third-order valence-electron chi connectivity index (χ3n) is 1.47. The molecular weight excluding hydrogens is 252 g/mol. The van der Waals surface area contributed by atoms with Crippen LogP contribution in [0.25, 0.3) is 0 Å². The van der Waals surface area contributed by atoms with Crippen molar-refractivity contribution >= 4 is 18.5 Å². The molecule has 0 bridgehead atoms. The quantitative estimate of drug-likeness (QED) is 0.547. The molecule has 0 unspecified atom stereocenters. The van der Waals surface area contributed by atoms with E-state index in [0.717, 1.165) is 18.2 Å². The van der Waals surface area contributed by atoms with Crippen molar-refractivity contribution in [3.63, 3.8) is 0 Å². The summed E-state index contributed by atoms with van der Waals surface area (Å²) in [5, 5.41) is 25.1. The zero-order chi connectivity index (χ0) is 13.7. The number of benzene rings is 1. The number of hydrogen-bond donors (Lipinski definition) is 3. The summed E-state index contributed by atoms with van der Waals surface area (Å²) in [5.41, 5.74) is 0. The molecule has 9 heteroatoms. The van der Waals surface area contributed by atoms with E-state index in [2.05, 4.69) is 14.2 Å². The van der Waals surface area contributed by atoms with Crippen molar-refractivity contribution < 1.29 is 43.9 Å². The number of hydrogen-bond acceptors (Lipinski definition) is 6. The molecular formula is C9H6O9. The topological polar surface area (TPSA) is 140 Å². The number of carboxylic acid groups (broad SMARTS) is 3. The van der Waals surface area contributed by atoms with Gasteiger partial charge in [-0.15, -0.1) is 0 Å². The van der Waals surface area contributed by atoms with Crippen molar-refractivity contribution in [2.75, 3.05) is 0 Å². The van der Waals surface area contributed by atoms with Crippen molar-refractivity contribution in [1.29, 1.82) is 0 Å². The highest BCUT2D eigenvalue weighted by atomic mass is 16.7. The van der Waals surface area contributed by atoms with E-state index in [1.165, 1.54) is 0 Å². The first kappa shape index (κ1) is 13.1. The molecule has 0 spiro atoms. The van der Waals surface area contributed by atoms with Crippen molar-refractivity contribution in [1.82, 2.24) is 0 Å². The minimum atomic E-state index is -1.66. The largest absolute Gasteiger partial charge is 0.511 e. The maximum atomic E-state index is 10.3. The number of carbonyl (C=O) groups is 3. The Morgan fingerprint density at radius 3 is 1.06 bits per heavy atom. The van der Waals surface area contributed by atoms with E-state index in [1.807, 2.05) is 0 Å². The van der Waals surface area contributed by atoms with Crippen LogP contribution in [0.15, 0.2) is 18.2 Å². The Bertz CT molecular complexity index is 409. The molecule has 0 atom stereocenters. The molecule has 0 fully saturated rings. The molecule has 1 aromatic carbocycles. The lowest BCUT2D eigenvalue weighted by molar-refractivity contribution is 0.141. The normalized spacial score (nSPS) is 9.33. The molecule has 0 amide bonds. The highest BCUT2D eigenvalue weighted by Crippen LogP contribution is 2.28. The molecule has 0 aliphatic heterocycles. The molecule has 0 saturated heterocycles. The van der Waals surface area contributed by atoms with Gasteiger partial charge in [0, 0.05) is 18.2 Å². The molecule has 0 aliphatic rings. The average molecular weight is 258 g/mol. The highest BCUT2D eigenvalue weighted by molar-refractivity contribution is 5.66. The molecule has 0 heterocycles. The van der Waals surface area contributed by atoms with E-state index in [4.69, 9.17) is 15.3 Å². The van der Waals surface area contributed by atoms with Gasteiger partial charge in [-0.25, -0.2) is 14.4 Å².